The quantitative estimate of drug-likeness (QED) is 0.678. The summed E-state index contributed by atoms with van der Waals surface area (Å²) in [6.45, 7) is 1.96. The number of hydrogen-bond donors (Lipinski definition) is 3. The number of carbonyl (C=O) groups is 3. The van der Waals surface area contributed by atoms with Crippen molar-refractivity contribution < 1.29 is 19.5 Å². The molecular weight excluding hydrogens is 300 g/mol. The van der Waals surface area contributed by atoms with Gasteiger partial charge in [0.05, 0.1) is 12.1 Å². The van der Waals surface area contributed by atoms with Gasteiger partial charge in [0.2, 0.25) is 5.91 Å². The van der Waals surface area contributed by atoms with E-state index in [0.717, 1.165) is 6.42 Å². The fourth-order valence-electron chi connectivity index (χ4n) is 2.32. The van der Waals surface area contributed by atoms with Crippen LogP contribution in [0.3, 0.4) is 0 Å². The molecule has 2 aromatic heterocycles. The van der Waals surface area contributed by atoms with Crippen LogP contribution in [0, 0.1) is 0 Å². The van der Waals surface area contributed by atoms with Gasteiger partial charge in [-0.1, -0.05) is 19.4 Å². The molecule has 122 valence electrons. The lowest BCUT2D eigenvalue weighted by Gasteiger charge is -2.13. The first-order valence-corrected chi connectivity index (χ1v) is 7.22. The van der Waals surface area contributed by atoms with Crippen LogP contribution in [-0.4, -0.2) is 38.3 Å². The average Bonchev–Trinajstić information content (AvgIpc) is 2.84. The number of pyridine rings is 1. The number of imidazole rings is 1. The van der Waals surface area contributed by atoms with Gasteiger partial charge in [0.25, 0.3) is 5.91 Å². The summed E-state index contributed by atoms with van der Waals surface area (Å²) in [4.78, 5) is 39.0. The third-order valence-corrected chi connectivity index (χ3v) is 3.31. The zero-order chi connectivity index (χ0) is 17.0. The Bertz CT molecular complexity index is 753. The molecule has 1 atom stereocenters. The molecule has 2 amide bonds. The molecular formula is C15H18N4O4. The van der Waals surface area contributed by atoms with E-state index >= 15 is 0 Å². The number of aromatic nitrogens is 2. The maximum absolute atomic E-state index is 12.5. The highest BCUT2D eigenvalue weighted by molar-refractivity contribution is 5.98. The van der Waals surface area contributed by atoms with Crippen LogP contribution in [0.2, 0.25) is 0 Å². The number of nitrogens with two attached hydrogens (primary N) is 1. The van der Waals surface area contributed by atoms with E-state index in [1.807, 2.05) is 6.92 Å². The molecule has 0 radical (unpaired) electrons. The number of rotatable bonds is 7. The van der Waals surface area contributed by atoms with E-state index in [-0.39, 0.29) is 5.69 Å². The Balaban J connectivity index is 2.37. The molecule has 23 heavy (non-hydrogen) atoms. The van der Waals surface area contributed by atoms with E-state index in [4.69, 9.17) is 10.8 Å². The molecule has 2 heterocycles. The van der Waals surface area contributed by atoms with E-state index in [2.05, 4.69) is 10.3 Å². The minimum absolute atomic E-state index is 0.276. The maximum atomic E-state index is 12.5. The summed E-state index contributed by atoms with van der Waals surface area (Å²) in [5.41, 5.74) is 6.48. The number of nitrogens with one attached hydrogen (secondary N) is 1. The van der Waals surface area contributed by atoms with Crippen LogP contribution in [-0.2, 0) is 16.0 Å². The highest BCUT2D eigenvalue weighted by Crippen LogP contribution is 2.15. The molecule has 0 bridgehead atoms. The van der Waals surface area contributed by atoms with Crippen molar-refractivity contribution in [3.63, 3.8) is 0 Å². The smallest absolute Gasteiger partial charge is 0.326 e. The van der Waals surface area contributed by atoms with Gasteiger partial charge in [-0.2, -0.15) is 0 Å². The third-order valence-electron chi connectivity index (χ3n) is 3.31. The molecule has 4 N–H and O–H groups in total. The van der Waals surface area contributed by atoms with Gasteiger partial charge in [-0.05, 0) is 18.6 Å². The van der Waals surface area contributed by atoms with E-state index in [1.54, 1.807) is 28.8 Å². The van der Waals surface area contributed by atoms with Crippen molar-refractivity contribution in [3.05, 3.63) is 35.8 Å². The summed E-state index contributed by atoms with van der Waals surface area (Å²) < 4.78 is 1.60. The maximum Gasteiger partial charge on any atom is 0.326 e. The predicted molar refractivity (Wildman–Crippen MR) is 81.9 cm³/mol. The Morgan fingerprint density at radius 1 is 1.39 bits per heavy atom. The molecule has 0 aliphatic carbocycles. The molecule has 0 saturated heterocycles. The van der Waals surface area contributed by atoms with Crippen LogP contribution in [0.4, 0.5) is 0 Å². The Kier molecular flexibility index (Phi) is 4.95. The number of fused-ring (bicyclic) bond motifs is 1. The number of hydrogen-bond acceptors (Lipinski definition) is 4. The van der Waals surface area contributed by atoms with Crippen LogP contribution >= 0.6 is 0 Å². The van der Waals surface area contributed by atoms with Gasteiger partial charge < -0.3 is 16.2 Å². The SMILES string of the molecule is CCCc1nc2ccccn2c1C(=O)NC(CC(N)=O)C(=O)O. The van der Waals surface area contributed by atoms with Gasteiger partial charge in [-0.15, -0.1) is 0 Å². The number of primary amides is 1. The lowest BCUT2D eigenvalue weighted by atomic mass is 10.1. The molecule has 0 aliphatic rings. The van der Waals surface area contributed by atoms with Crippen LogP contribution in [0.5, 0.6) is 0 Å². The number of carboxylic acids is 1. The van der Waals surface area contributed by atoms with E-state index in [1.165, 1.54) is 0 Å². The van der Waals surface area contributed by atoms with Crippen molar-refractivity contribution in [2.75, 3.05) is 0 Å². The van der Waals surface area contributed by atoms with Crippen LogP contribution in [0.25, 0.3) is 5.65 Å². The molecule has 0 fully saturated rings. The second-order valence-corrected chi connectivity index (χ2v) is 5.12. The summed E-state index contributed by atoms with van der Waals surface area (Å²) in [5, 5.41) is 11.5. The number of amides is 2. The van der Waals surface area contributed by atoms with Gasteiger partial charge in [-0.3, -0.25) is 14.0 Å². The Morgan fingerprint density at radius 3 is 2.74 bits per heavy atom. The molecule has 0 aromatic carbocycles. The Morgan fingerprint density at radius 2 is 2.13 bits per heavy atom. The highest BCUT2D eigenvalue weighted by Gasteiger charge is 2.26. The zero-order valence-corrected chi connectivity index (χ0v) is 12.7. The van der Waals surface area contributed by atoms with Gasteiger partial charge >= 0.3 is 5.97 Å². The second kappa shape index (κ2) is 6.91. The molecule has 2 rings (SSSR count). The van der Waals surface area contributed by atoms with E-state index < -0.39 is 30.2 Å². The lowest BCUT2D eigenvalue weighted by Crippen LogP contribution is -2.43. The monoisotopic (exact) mass is 318 g/mol. The minimum atomic E-state index is -1.37. The van der Waals surface area contributed by atoms with E-state index in [9.17, 15) is 14.4 Å². The fraction of sp³-hybridized carbons (Fsp3) is 0.333. The summed E-state index contributed by atoms with van der Waals surface area (Å²) in [6, 6.07) is 3.93. The van der Waals surface area contributed by atoms with Crippen molar-refractivity contribution in [1.82, 2.24) is 14.7 Å². The molecule has 0 spiro atoms. The first-order chi connectivity index (χ1) is 10.9. The Labute approximate surface area is 132 Å². The number of aliphatic carboxylic acids is 1. The van der Waals surface area contributed by atoms with Gasteiger partial charge in [0.1, 0.15) is 17.4 Å². The average molecular weight is 318 g/mol. The molecule has 2 aromatic rings. The van der Waals surface area contributed by atoms with Gasteiger partial charge in [0, 0.05) is 6.20 Å². The topological polar surface area (TPSA) is 127 Å². The number of carbonyl (C=O) groups excluding carboxylic acids is 2. The standard InChI is InChI=1S/C15H18N4O4/c1-2-5-9-13(19-7-4-3-6-12(19)17-9)14(21)18-10(15(22)23)8-11(16)20/h3-4,6-7,10H,2,5,8H2,1H3,(H2,16,20)(H,18,21)(H,22,23). The number of nitrogens with zero attached hydrogens (tertiary/aromatic N) is 2. The van der Waals surface area contributed by atoms with Crippen LogP contribution in [0.1, 0.15) is 35.9 Å². The predicted octanol–water partition coefficient (Wildman–Crippen LogP) is 0.345. The first-order valence-electron chi connectivity index (χ1n) is 7.22. The van der Waals surface area contributed by atoms with Crippen molar-refractivity contribution in [2.24, 2.45) is 5.73 Å². The van der Waals surface area contributed by atoms with Crippen molar-refractivity contribution in [3.8, 4) is 0 Å². The summed E-state index contributed by atoms with van der Waals surface area (Å²) in [5.74, 6) is -2.71. The van der Waals surface area contributed by atoms with Gasteiger partial charge in [-0.25, -0.2) is 9.78 Å². The molecule has 8 heteroatoms. The third kappa shape index (κ3) is 3.65. The number of aryl methyl sites for hydroxylation is 1. The molecule has 0 saturated carbocycles. The Hall–Kier alpha value is -2.90. The number of carboxylic acid groups (broad SMARTS) is 1. The minimum Gasteiger partial charge on any atom is -0.480 e. The van der Waals surface area contributed by atoms with Crippen molar-refractivity contribution in [1.29, 1.82) is 0 Å². The summed E-state index contributed by atoms with van der Waals surface area (Å²) >= 11 is 0. The summed E-state index contributed by atoms with van der Waals surface area (Å²) in [6.07, 6.45) is 2.58. The zero-order valence-electron chi connectivity index (χ0n) is 12.7. The largest absolute Gasteiger partial charge is 0.480 e. The fourth-order valence-corrected chi connectivity index (χ4v) is 2.32. The van der Waals surface area contributed by atoms with E-state index in [0.29, 0.717) is 17.8 Å². The van der Waals surface area contributed by atoms with Crippen molar-refractivity contribution in [2.45, 2.75) is 32.2 Å². The second-order valence-electron chi connectivity index (χ2n) is 5.12. The normalized spacial score (nSPS) is 12.0. The van der Waals surface area contributed by atoms with Crippen LogP contribution < -0.4 is 11.1 Å². The first kappa shape index (κ1) is 16.5. The molecule has 0 aliphatic heterocycles. The highest BCUT2D eigenvalue weighted by atomic mass is 16.4. The molecule has 1 unspecified atom stereocenters. The summed E-state index contributed by atoms with van der Waals surface area (Å²) in [7, 11) is 0. The van der Waals surface area contributed by atoms with Crippen LogP contribution in [0.15, 0.2) is 24.4 Å². The molecule has 8 nitrogen and oxygen atoms in total. The van der Waals surface area contributed by atoms with Gasteiger partial charge in [0.15, 0.2) is 0 Å². The lowest BCUT2D eigenvalue weighted by molar-refractivity contribution is -0.140. The van der Waals surface area contributed by atoms with Crippen molar-refractivity contribution >= 4 is 23.4 Å².